The number of para-hydroxylation sites is 2. The van der Waals surface area contributed by atoms with Gasteiger partial charge in [0.25, 0.3) is 0 Å². The Kier molecular flexibility index (Phi) is 6.49. The Morgan fingerprint density at radius 1 is 1.04 bits per heavy atom. The molecule has 0 aliphatic rings. The number of halogens is 1. The van der Waals surface area contributed by atoms with Gasteiger partial charge < -0.3 is 10.1 Å². The molecule has 4 nitrogen and oxygen atoms in total. The lowest BCUT2D eigenvalue weighted by atomic mass is 10.1. The molecule has 0 saturated heterocycles. The van der Waals surface area contributed by atoms with Crippen molar-refractivity contribution in [1.29, 1.82) is 0 Å². The highest BCUT2D eigenvalue weighted by atomic mass is 19.1. The van der Waals surface area contributed by atoms with Crippen molar-refractivity contribution in [2.45, 2.75) is 26.2 Å². The van der Waals surface area contributed by atoms with Crippen LogP contribution in [-0.2, 0) is 4.79 Å². The number of ether oxygens (including phenoxy) is 1. The maximum absolute atomic E-state index is 12.8. The maximum Gasteiger partial charge on any atom is 0.224 e. The number of hydrogen-bond acceptors (Lipinski definition) is 3. The van der Waals surface area contributed by atoms with E-state index in [0.29, 0.717) is 30.0 Å². The zero-order valence-corrected chi connectivity index (χ0v) is 13.5. The summed E-state index contributed by atoms with van der Waals surface area (Å²) in [5.41, 5.74) is 1.08. The molecule has 1 amide bonds. The summed E-state index contributed by atoms with van der Waals surface area (Å²) in [5, 5.41) is 2.79. The third-order valence-corrected chi connectivity index (χ3v) is 3.43. The van der Waals surface area contributed by atoms with Crippen molar-refractivity contribution in [1.82, 2.24) is 0 Å². The summed E-state index contributed by atoms with van der Waals surface area (Å²) in [5.74, 6) is -0.0267. The van der Waals surface area contributed by atoms with E-state index >= 15 is 0 Å². The van der Waals surface area contributed by atoms with Gasteiger partial charge >= 0.3 is 0 Å². The predicted octanol–water partition coefficient (Wildman–Crippen LogP) is 4.22. The summed E-state index contributed by atoms with van der Waals surface area (Å²) in [6.45, 7) is 2.39. The maximum atomic E-state index is 12.8. The van der Waals surface area contributed by atoms with Crippen LogP contribution in [-0.4, -0.2) is 18.3 Å². The molecule has 0 saturated carbocycles. The first-order chi connectivity index (χ1) is 11.6. The Labute approximate surface area is 140 Å². The molecule has 2 aromatic rings. The second kappa shape index (κ2) is 8.82. The second-order valence-electron chi connectivity index (χ2n) is 5.26. The summed E-state index contributed by atoms with van der Waals surface area (Å²) < 4.78 is 18.3. The van der Waals surface area contributed by atoms with Gasteiger partial charge in [-0.05, 0) is 49.7 Å². The van der Waals surface area contributed by atoms with E-state index in [4.69, 9.17) is 4.74 Å². The average Bonchev–Trinajstić information content (AvgIpc) is 2.57. The first kappa shape index (κ1) is 17.7. The van der Waals surface area contributed by atoms with Gasteiger partial charge in [-0.15, -0.1) is 0 Å². The third-order valence-electron chi connectivity index (χ3n) is 3.43. The van der Waals surface area contributed by atoms with Gasteiger partial charge in [0.1, 0.15) is 11.6 Å². The van der Waals surface area contributed by atoms with E-state index in [0.717, 1.165) is 0 Å². The molecule has 0 aliphatic heterocycles. The Morgan fingerprint density at radius 3 is 2.46 bits per heavy atom. The Hall–Kier alpha value is -2.69. The number of nitrogens with one attached hydrogen (secondary N) is 1. The van der Waals surface area contributed by atoms with Crippen molar-refractivity contribution < 1.29 is 18.7 Å². The number of carbonyl (C=O) groups excluding carboxylic acids is 2. The van der Waals surface area contributed by atoms with Crippen LogP contribution in [0.3, 0.4) is 0 Å². The van der Waals surface area contributed by atoms with Crippen molar-refractivity contribution in [2.75, 3.05) is 11.9 Å². The molecule has 0 fully saturated rings. The van der Waals surface area contributed by atoms with Crippen LogP contribution in [0, 0.1) is 5.82 Å². The largest absolute Gasteiger partial charge is 0.492 e. The SMILES string of the molecule is CCOc1ccccc1NC(=O)CCCC(=O)c1ccc(F)cc1. The average molecular weight is 329 g/mol. The summed E-state index contributed by atoms with van der Waals surface area (Å²) in [7, 11) is 0. The number of benzene rings is 2. The Balaban J connectivity index is 1.81. The van der Waals surface area contributed by atoms with Crippen molar-refractivity contribution in [3.05, 3.63) is 59.9 Å². The normalized spacial score (nSPS) is 10.2. The van der Waals surface area contributed by atoms with Gasteiger partial charge in [-0.2, -0.15) is 0 Å². The van der Waals surface area contributed by atoms with Gasteiger partial charge in [0, 0.05) is 18.4 Å². The minimum atomic E-state index is -0.376. The van der Waals surface area contributed by atoms with Crippen LogP contribution < -0.4 is 10.1 Å². The van der Waals surface area contributed by atoms with E-state index < -0.39 is 0 Å². The molecule has 0 unspecified atom stereocenters. The number of ketones is 1. The molecule has 126 valence electrons. The number of anilines is 1. The molecule has 0 radical (unpaired) electrons. The fraction of sp³-hybridized carbons (Fsp3) is 0.263. The van der Waals surface area contributed by atoms with Crippen molar-refractivity contribution in [3.8, 4) is 5.75 Å². The Morgan fingerprint density at radius 2 is 1.75 bits per heavy atom. The van der Waals surface area contributed by atoms with Crippen molar-refractivity contribution in [2.24, 2.45) is 0 Å². The fourth-order valence-corrected chi connectivity index (χ4v) is 2.25. The van der Waals surface area contributed by atoms with Crippen LogP contribution in [0.25, 0.3) is 0 Å². The minimum Gasteiger partial charge on any atom is -0.492 e. The summed E-state index contributed by atoms with van der Waals surface area (Å²) in [4.78, 5) is 24.0. The minimum absolute atomic E-state index is 0.0995. The standard InChI is InChI=1S/C19H20FNO3/c1-2-24-18-8-4-3-6-16(18)21-19(23)9-5-7-17(22)14-10-12-15(20)13-11-14/h3-4,6,8,10-13H,2,5,7,9H2,1H3,(H,21,23). The second-order valence-corrected chi connectivity index (χ2v) is 5.26. The fourth-order valence-electron chi connectivity index (χ4n) is 2.25. The van der Waals surface area contributed by atoms with Gasteiger partial charge in [0.2, 0.25) is 5.91 Å². The molecule has 2 aromatic carbocycles. The van der Waals surface area contributed by atoms with Crippen LogP contribution in [0.4, 0.5) is 10.1 Å². The lowest BCUT2D eigenvalue weighted by Gasteiger charge is -2.11. The number of rotatable bonds is 8. The van der Waals surface area contributed by atoms with E-state index in [-0.39, 0.29) is 30.3 Å². The molecule has 0 spiro atoms. The molecular formula is C19H20FNO3. The van der Waals surface area contributed by atoms with Crippen LogP contribution in [0.1, 0.15) is 36.5 Å². The van der Waals surface area contributed by atoms with E-state index in [2.05, 4.69) is 5.32 Å². The number of amides is 1. The topological polar surface area (TPSA) is 55.4 Å². The van der Waals surface area contributed by atoms with Crippen molar-refractivity contribution in [3.63, 3.8) is 0 Å². The number of carbonyl (C=O) groups is 2. The molecule has 0 bridgehead atoms. The van der Waals surface area contributed by atoms with Crippen LogP contribution in [0.15, 0.2) is 48.5 Å². The van der Waals surface area contributed by atoms with Crippen molar-refractivity contribution >= 4 is 17.4 Å². The summed E-state index contributed by atoms with van der Waals surface area (Å²) in [6, 6.07) is 12.6. The van der Waals surface area contributed by atoms with Gasteiger partial charge in [-0.1, -0.05) is 12.1 Å². The molecule has 24 heavy (non-hydrogen) atoms. The van der Waals surface area contributed by atoms with E-state index in [1.54, 1.807) is 12.1 Å². The molecule has 1 N–H and O–H groups in total. The van der Waals surface area contributed by atoms with E-state index in [9.17, 15) is 14.0 Å². The molecule has 2 rings (SSSR count). The molecule has 0 aromatic heterocycles. The summed E-state index contributed by atoms with van der Waals surface area (Å²) >= 11 is 0. The lowest BCUT2D eigenvalue weighted by Crippen LogP contribution is -2.13. The van der Waals surface area contributed by atoms with Crippen LogP contribution >= 0.6 is 0 Å². The van der Waals surface area contributed by atoms with Gasteiger partial charge in [0.05, 0.1) is 12.3 Å². The van der Waals surface area contributed by atoms with Gasteiger partial charge in [-0.3, -0.25) is 9.59 Å². The van der Waals surface area contributed by atoms with Crippen LogP contribution in [0.5, 0.6) is 5.75 Å². The smallest absolute Gasteiger partial charge is 0.224 e. The molecule has 0 aliphatic carbocycles. The predicted molar refractivity (Wildman–Crippen MR) is 90.8 cm³/mol. The first-order valence-corrected chi connectivity index (χ1v) is 7.90. The highest BCUT2D eigenvalue weighted by Gasteiger charge is 2.10. The zero-order valence-electron chi connectivity index (χ0n) is 13.5. The van der Waals surface area contributed by atoms with Gasteiger partial charge in [0.15, 0.2) is 5.78 Å². The van der Waals surface area contributed by atoms with E-state index in [1.807, 2.05) is 19.1 Å². The first-order valence-electron chi connectivity index (χ1n) is 7.90. The monoisotopic (exact) mass is 329 g/mol. The van der Waals surface area contributed by atoms with E-state index in [1.165, 1.54) is 24.3 Å². The molecule has 0 atom stereocenters. The number of hydrogen-bond donors (Lipinski definition) is 1. The Bertz CT molecular complexity index is 698. The highest BCUT2D eigenvalue weighted by molar-refractivity contribution is 5.97. The molecular weight excluding hydrogens is 309 g/mol. The van der Waals surface area contributed by atoms with Gasteiger partial charge in [-0.25, -0.2) is 4.39 Å². The quantitative estimate of drug-likeness (QED) is 0.738. The summed E-state index contributed by atoms with van der Waals surface area (Å²) in [6.07, 6.45) is 0.901. The lowest BCUT2D eigenvalue weighted by molar-refractivity contribution is -0.116. The number of Topliss-reactive ketones (excluding diaryl/α,β-unsaturated/α-hetero) is 1. The highest BCUT2D eigenvalue weighted by Crippen LogP contribution is 2.24. The third kappa shape index (κ3) is 5.19. The molecule has 5 heteroatoms. The molecule has 0 heterocycles. The zero-order chi connectivity index (χ0) is 17.4. The van der Waals surface area contributed by atoms with Crippen LogP contribution in [0.2, 0.25) is 0 Å².